The number of nitrogens with zero attached hydrogens (tertiary/aromatic N) is 2. The maximum absolute atomic E-state index is 12.9. The number of rotatable bonds is 4. The Morgan fingerprint density at radius 2 is 2.04 bits per heavy atom. The van der Waals surface area contributed by atoms with E-state index in [1.54, 1.807) is 28.2 Å². The largest absolute Gasteiger partial charge is 0.314 e. The molecule has 134 valence electrons. The van der Waals surface area contributed by atoms with Crippen LogP contribution in [0.3, 0.4) is 0 Å². The summed E-state index contributed by atoms with van der Waals surface area (Å²) in [5, 5.41) is 4.83. The van der Waals surface area contributed by atoms with Gasteiger partial charge in [0.2, 0.25) is 0 Å². The average Bonchev–Trinajstić information content (AvgIpc) is 3.18. The van der Waals surface area contributed by atoms with E-state index in [2.05, 4.69) is 24.1 Å². The van der Waals surface area contributed by atoms with Gasteiger partial charge in [-0.2, -0.15) is 0 Å². The Morgan fingerprint density at radius 1 is 1.27 bits per heavy atom. The fraction of sp³-hybridized carbons (Fsp3) is 0.350. The number of fused-ring (bicyclic) bond motifs is 2. The number of carbonyl (C=O) groups is 1. The van der Waals surface area contributed by atoms with Gasteiger partial charge in [0.1, 0.15) is 0 Å². The molecule has 5 nitrogen and oxygen atoms in total. The molecule has 4 rings (SSSR count). The molecule has 1 N–H and O–H groups in total. The molecule has 3 aromatic rings. The second kappa shape index (κ2) is 6.68. The van der Waals surface area contributed by atoms with Gasteiger partial charge in [0.05, 0.1) is 11.3 Å². The fourth-order valence-corrected chi connectivity index (χ4v) is 4.51. The monoisotopic (exact) mass is 367 g/mol. The van der Waals surface area contributed by atoms with Crippen LogP contribution >= 0.6 is 11.3 Å². The first-order chi connectivity index (χ1) is 12.5. The van der Waals surface area contributed by atoms with E-state index < -0.39 is 0 Å². The zero-order valence-electron chi connectivity index (χ0n) is 14.9. The summed E-state index contributed by atoms with van der Waals surface area (Å²) in [6.07, 6.45) is 4.86. The van der Waals surface area contributed by atoms with E-state index in [0.29, 0.717) is 33.9 Å². The number of carbonyl (C=O) groups excluding carboxylic acids is 1. The first kappa shape index (κ1) is 17.0. The summed E-state index contributed by atoms with van der Waals surface area (Å²) in [5.74, 6) is 0.0952. The van der Waals surface area contributed by atoms with Crippen molar-refractivity contribution in [3.8, 4) is 0 Å². The lowest BCUT2D eigenvalue weighted by Gasteiger charge is -2.13. The van der Waals surface area contributed by atoms with Crippen LogP contribution in [-0.2, 0) is 19.4 Å². The fourth-order valence-electron chi connectivity index (χ4n) is 3.46. The molecule has 0 bridgehead atoms. The Morgan fingerprint density at radius 3 is 2.77 bits per heavy atom. The van der Waals surface area contributed by atoms with Crippen LogP contribution < -0.4 is 10.9 Å². The smallest absolute Gasteiger partial charge is 0.259 e. The quantitative estimate of drug-likeness (QED) is 0.762. The lowest BCUT2D eigenvalue weighted by atomic mass is 10.1. The molecule has 2 aromatic heterocycles. The number of aromatic nitrogens is 2. The van der Waals surface area contributed by atoms with Gasteiger partial charge in [-0.25, -0.2) is 4.98 Å². The van der Waals surface area contributed by atoms with Crippen LogP contribution in [0.2, 0.25) is 0 Å². The van der Waals surface area contributed by atoms with Crippen molar-refractivity contribution in [1.29, 1.82) is 0 Å². The Bertz CT molecular complexity index is 1030. The van der Waals surface area contributed by atoms with Crippen molar-refractivity contribution >= 4 is 33.1 Å². The molecular formula is C20H21N3O2S. The molecule has 0 radical (unpaired) electrons. The summed E-state index contributed by atoms with van der Waals surface area (Å²) in [5.41, 5.74) is 1.57. The number of amides is 1. The summed E-state index contributed by atoms with van der Waals surface area (Å²) < 4.78 is 1.64. The summed E-state index contributed by atoms with van der Waals surface area (Å²) in [7, 11) is 0. The number of aryl methyl sites for hydroxylation is 2. The minimum absolute atomic E-state index is 0.0564. The molecule has 1 aliphatic carbocycles. The molecule has 0 aliphatic heterocycles. The van der Waals surface area contributed by atoms with E-state index in [-0.39, 0.29) is 11.5 Å². The molecule has 1 amide bonds. The second-order valence-corrected chi connectivity index (χ2v) is 8.22. The number of nitrogens with one attached hydrogen (secondary N) is 1. The molecule has 1 aliphatic rings. The summed E-state index contributed by atoms with van der Waals surface area (Å²) >= 11 is 1.56. The minimum Gasteiger partial charge on any atom is -0.314 e. The van der Waals surface area contributed by atoms with Crippen molar-refractivity contribution < 1.29 is 4.79 Å². The predicted octanol–water partition coefficient (Wildman–Crippen LogP) is 3.86. The average molecular weight is 367 g/mol. The van der Waals surface area contributed by atoms with Gasteiger partial charge in [0.25, 0.3) is 11.5 Å². The maximum atomic E-state index is 12.9. The third kappa shape index (κ3) is 3.05. The van der Waals surface area contributed by atoms with Crippen LogP contribution in [0.25, 0.3) is 10.8 Å². The molecule has 6 heteroatoms. The summed E-state index contributed by atoms with van der Waals surface area (Å²) in [6, 6.07) is 7.29. The highest BCUT2D eigenvalue weighted by Crippen LogP contribution is 2.30. The highest BCUT2D eigenvalue weighted by atomic mass is 32.1. The van der Waals surface area contributed by atoms with Gasteiger partial charge in [-0.3, -0.25) is 14.9 Å². The van der Waals surface area contributed by atoms with E-state index >= 15 is 0 Å². The van der Waals surface area contributed by atoms with E-state index in [1.165, 1.54) is 4.88 Å². The summed E-state index contributed by atoms with van der Waals surface area (Å²) in [6.45, 7) is 4.69. The van der Waals surface area contributed by atoms with E-state index in [4.69, 9.17) is 0 Å². The molecule has 1 aromatic carbocycles. The van der Waals surface area contributed by atoms with E-state index in [0.717, 1.165) is 25.0 Å². The zero-order valence-corrected chi connectivity index (χ0v) is 15.7. The topological polar surface area (TPSA) is 64.0 Å². The minimum atomic E-state index is -0.217. The summed E-state index contributed by atoms with van der Waals surface area (Å²) in [4.78, 5) is 31.5. The van der Waals surface area contributed by atoms with Gasteiger partial charge in [0, 0.05) is 28.4 Å². The first-order valence-corrected chi connectivity index (χ1v) is 9.76. The van der Waals surface area contributed by atoms with Gasteiger partial charge in [-0.1, -0.05) is 32.0 Å². The standard InChI is InChI=1S/C20H21N3O2S/c1-12(2)10-23-11-15(13-6-3-4-7-14(13)19(23)25)18(24)22-20-21-16-8-5-9-17(16)26-20/h3-4,6-7,11-12H,5,8-10H2,1-2H3,(H,21,22,24). The molecule has 0 saturated heterocycles. The Labute approximate surface area is 155 Å². The van der Waals surface area contributed by atoms with Crippen molar-refractivity contribution in [2.24, 2.45) is 5.92 Å². The first-order valence-electron chi connectivity index (χ1n) is 8.95. The highest BCUT2D eigenvalue weighted by Gasteiger charge is 2.20. The van der Waals surface area contributed by atoms with Crippen LogP contribution in [0.4, 0.5) is 5.13 Å². The zero-order chi connectivity index (χ0) is 18.3. The van der Waals surface area contributed by atoms with Gasteiger partial charge in [-0.05, 0) is 31.2 Å². The maximum Gasteiger partial charge on any atom is 0.259 e. The number of benzene rings is 1. The van der Waals surface area contributed by atoms with Crippen molar-refractivity contribution in [3.05, 3.63) is 57.0 Å². The molecule has 0 atom stereocenters. The molecule has 0 unspecified atom stereocenters. The lowest BCUT2D eigenvalue weighted by molar-refractivity contribution is 0.102. The molecule has 0 saturated carbocycles. The third-order valence-corrected chi connectivity index (χ3v) is 5.69. The van der Waals surface area contributed by atoms with Crippen molar-refractivity contribution in [2.45, 2.75) is 39.7 Å². The van der Waals surface area contributed by atoms with Gasteiger partial charge in [0.15, 0.2) is 5.13 Å². The van der Waals surface area contributed by atoms with Crippen LogP contribution in [0.5, 0.6) is 0 Å². The number of hydrogen-bond acceptors (Lipinski definition) is 4. The van der Waals surface area contributed by atoms with Crippen molar-refractivity contribution in [1.82, 2.24) is 9.55 Å². The van der Waals surface area contributed by atoms with Crippen LogP contribution in [0.15, 0.2) is 35.3 Å². The van der Waals surface area contributed by atoms with Gasteiger partial charge in [-0.15, -0.1) is 11.3 Å². The SMILES string of the molecule is CC(C)Cn1cc(C(=O)Nc2nc3c(s2)CCC3)c2ccccc2c1=O. The predicted molar refractivity (Wildman–Crippen MR) is 105 cm³/mol. The second-order valence-electron chi connectivity index (χ2n) is 7.14. The lowest BCUT2D eigenvalue weighted by Crippen LogP contribution is -2.25. The Hall–Kier alpha value is -2.47. The van der Waals surface area contributed by atoms with Crippen molar-refractivity contribution in [2.75, 3.05) is 5.32 Å². The van der Waals surface area contributed by atoms with Gasteiger partial charge < -0.3 is 4.57 Å². The van der Waals surface area contributed by atoms with Crippen LogP contribution in [0, 0.1) is 5.92 Å². The van der Waals surface area contributed by atoms with E-state index in [9.17, 15) is 9.59 Å². The third-order valence-electron chi connectivity index (χ3n) is 4.62. The van der Waals surface area contributed by atoms with E-state index in [1.807, 2.05) is 18.2 Å². The number of pyridine rings is 1. The Kier molecular flexibility index (Phi) is 4.36. The molecular weight excluding hydrogens is 346 g/mol. The highest BCUT2D eigenvalue weighted by molar-refractivity contribution is 7.16. The number of hydrogen-bond donors (Lipinski definition) is 1. The van der Waals surface area contributed by atoms with Crippen molar-refractivity contribution in [3.63, 3.8) is 0 Å². The molecule has 0 fully saturated rings. The van der Waals surface area contributed by atoms with Crippen LogP contribution in [-0.4, -0.2) is 15.5 Å². The molecule has 0 spiro atoms. The molecule has 26 heavy (non-hydrogen) atoms. The van der Waals surface area contributed by atoms with Crippen LogP contribution in [0.1, 0.15) is 41.2 Å². The van der Waals surface area contributed by atoms with Gasteiger partial charge >= 0.3 is 0 Å². The number of anilines is 1. The Balaban J connectivity index is 1.75. The normalized spacial score (nSPS) is 13.3. The molecule has 2 heterocycles. The number of thiazole rings is 1.